The highest BCUT2D eigenvalue weighted by Crippen LogP contribution is 2.11. The van der Waals surface area contributed by atoms with E-state index in [4.69, 9.17) is 0 Å². The fraction of sp³-hybridized carbons (Fsp3) is 0.667. The lowest BCUT2D eigenvalue weighted by atomic mass is 10.2. The van der Waals surface area contributed by atoms with E-state index in [0.29, 0.717) is 0 Å². The zero-order valence-electron chi connectivity index (χ0n) is 9.41. The van der Waals surface area contributed by atoms with Crippen LogP contribution in [0.2, 0.25) is 0 Å². The first-order valence-electron chi connectivity index (χ1n) is 5.80. The number of nitrogens with zero attached hydrogens (tertiary/aromatic N) is 1. The molecule has 1 N–H and O–H groups in total. The van der Waals surface area contributed by atoms with E-state index in [-0.39, 0.29) is 0 Å². The quantitative estimate of drug-likeness (QED) is 0.842. The van der Waals surface area contributed by atoms with Crippen molar-refractivity contribution < 1.29 is 0 Å². The van der Waals surface area contributed by atoms with Gasteiger partial charge in [-0.25, -0.2) is 0 Å². The Labute approximate surface area is 96.3 Å². The first-order chi connectivity index (χ1) is 7.34. The Hall–Kier alpha value is -0.380. The van der Waals surface area contributed by atoms with Crippen LogP contribution in [0.25, 0.3) is 0 Å². The second kappa shape index (κ2) is 5.64. The van der Waals surface area contributed by atoms with Crippen molar-refractivity contribution in [2.45, 2.75) is 13.3 Å². The molecule has 2 rings (SSSR count). The van der Waals surface area contributed by atoms with Gasteiger partial charge < -0.3 is 10.2 Å². The number of rotatable bonds is 3. The predicted molar refractivity (Wildman–Crippen MR) is 66.5 cm³/mol. The minimum Gasteiger partial charge on any atom is -0.315 e. The first-order valence-corrected chi connectivity index (χ1v) is 6.68. The summed E-state index contributed by atoms with van der Waals surface area (Å²) >= 11 is 1.88. The molecule has 84 valence electrons. The van der Waals surface area contributed by atoms with Gasteiger partial charge in [0.15, 0.2) is 0 Å². The Balaban J connectivity index is 1.78. The average Bonchev–Trinajstić information content (AvgIpc) is 2.65. The van der Waals surface area contributed by atoms with Crippen LogP contribution in [0.15, 0.2) is 17.5 Å². The number of thiophene rings is 1. The fourth-order valence-electron chi connectivity index (χ4n) is 2.11. The van der Waals surface area contributed by atoms with E-state index in [1.165, 1.54) is 37.5 Å². The maximum absolute atomic E-state index is 3.48. The molecule has 1 saturated heterocycles. The van der Waals surface area contributed by atoms with Crippen molar-refractivity contribution >= 4 is 11.3 Å². The summed E-state index contributed by atoms with van der Waals surface area (Å²) in [6.45, 7) is 8.32. The zero-order chi connectivity index (χ0) is 10.5. The van der Waals surface area contributed by atoms with Crippen LogP contribution < -0.4 is 5.32 Å². The molecule has 0 aliphatic carbocycles. The molecule has 0 spiro atoms. The van der Waals surface area contributed by atoms with Crippen molar-refractivity contribution in [3.8, 4) is 0 Å². The molecule has 1 unspecified atom stereocenters. The van der Waals surface area contributed by atoms with Crippen molar-refractivity contribution in [2.24, 2.45) is 5.92 Å². The summed E-state index contributed by atoms with van der Waals surface area (Å²) in [6.07, 6.45) is 1.21. The molecule has 2 heterocycles. The standard InChI is InChI=1S/C12H20N2S/c1-11-9-13-5-7-14(10-11)6-4-12-3-2-8-15-12/h2-3,8,11,13H,4-7,9-10H2,1H3. The van der Waals surface area contributed by atoms with Crippen LogP contribution in [0, 0.1) is 5.92 Å². The molecule has 1 aromatic rings. The Bertz CT molecular complexity index is 271. The highest BCUT2D eigenvalue weighted by Gasteiger charge is 2.13. The molecule has 1 aliphatic heterocycles. The van der Waals surface area contributed by atoms with Crippen LogP contribution in [-0.2, 0) is 6.42 Å². The summed E-state index contributed by atoms with van der Waals surface area (Å²) in [5.74, 6) is 0.788. The second-order valence-corrected chi connectivity index (χ2v) is 5.47. The predicted octanol–water partition coefficient (Wildman–Crippen LogP) is 1.83. The summed E-state index contributed by atoms with van der Waals surface area (Å²) < 4.78 is 0. The van der Waals surface area contributed by atoms with Gasteiger partial charge in [0, 0.05) is 31.1 Å². The summed E-state index contributed by atoms with van der Waals surface area (Å²) in [5.41, 5.74) is 0. The molecule has 1 fully saturated rings. The van der Waals surface area contributed by atoms with Gasteiger partial charge in [-0.05, 0) is 30.3 Å². The van der Waals surface area contributed by atoms with Gasteiger partial charge in [-0.15, -0.1) is 11.3 Å². The SMILES string of the molecule is CC1CNCCN(CCc2cccs2)C1. The van der Waals surface area contributed by atoms with Gasteiger partial charge in [-0.1, -0.05) is 13.0 Å². The van der Waals surface area contributed by atoms with Gasteiger partial charge in [0.25, 0.3) is 0 Å². The second-order valence-electron chi connectivity index (χ2n) is 4.44. The highest BCUT2D eigenvalue weighted by molar-refractivity contribution is 7.09. The van der Waals surface area contributed by atoms with Gasteiger partial charge in [-0.3, -0.25) is 0 Å². The van der Waals surface area contributed by atoms with Gasteiger partial charge in [0.2, 0.25) is 0 Å². The highest BCUT2D eigenvalue weighted by atomic mass is 32.1. The third-order valence-electron chi connectivity index (χ3n) is 2.92. The average molecular weight is 224 g/mol. The lowest BCUT2D eigenvalue weighted by Crippen LogP contribution is -2.31. The van der Waals surface area contributed by atoms with E-state index >= 15 is 0 Å². The van der Waals surface area contributed by atoms with Gasteiger partial charge in [-0.2, -0.15) is 0 Å². The normalized spacial score (nSPS) is 23.9. The van der Waals surface area contributed by atoms with Gasteiger partial charge >= 0.3 is 0 Å². The van der Waals surface area contributed by atoms with E-state index < -0.39 is 0 Å². The molecule has 15 heavy (non-hydrogen) atoms. The van der Waals surface area contributed by atoms with E-state index in [2.05, 4.69) is 34.7 Å². The molecule has 0 bridgehead atoms. The number of nitrogens with one attached hydrogen (secondary N) is 1. The molecule has 0 saturated carbocycles. The summed E-state index contributed by atoms with van der Waals surface area (Å²) in [7, 11) is 0. The van der Waals surface area contributed by atoms with Crippen molar-refractivity contribution in [3.63, 3.8) is 0 Å². The summed E-state index contributed by atoms with van der Waals surface area (Å²) in [5, 5.41) is 5.65. The smallest absolute Gasteiger partial charge is 0.0107 e. The third kappa shape index (κ3) is 3.59. The monoisotopic (exact) mass is 224 g/mol. The lowest BCUT2D eigenvalue weighted by Gasteiger charge is -2.21. The number of hydrogen-bond donors (Lipinski definition) is 1. The van der Waals surface area contributed by atoms with Crippen molar-refractivity contribution in [2.75, 3.05) is 32.7 Å². The van der Waals surface area contributed by atoms with Crippen LogP contribution in [-0.4, -0.2) is 37.6 Å². The lowest BCUT2D eigenvalue weighted by molar-refractivity contribution is 0.268. The molecule has 0 radical (unpaired) electrons. The molecule has 1 atom stereocenters. The molecule has 1 aromatic heterocycles. The van der Waals surface area contributed by atoms with E-state index in [9.17, 15) is 0 Å². The topological polar surface area (TPSA) is 15.3 Å². The molecule has 3 heteroatoms. The Kier molecular flexibility index (Phi) is 4.18. The summed E-state index contributed by atoms with van der Waals surface area (Å²) in [6, 6.07) is 4.39. The van der Waals surface area contributed by atoms with Crippen LogP contribution >= 0.6 is 11.3 Å². The van der Waals surface area contributed by atoms with Gasteiger partial charge in [0.1, 0.15) is 0 Å². The minimum absolute atomic E-state index is 0.788. The van der Waals surface area contributed by atoms with Gasteiger partial charge in [0.05, 0.1) is 0 Å². The molecular formula is C12H20N2S. The van der Waals surface area contributed by atoms with Crippen molar-refractivity contribution in [1.82, 2.24) is 10.2 Å². The van der Waals surface area contributed by atoms with Crippen LogP contribution in [0.5, 0.6) is 0 Å². The first kappa shape index (κ1) is 11.1. The molecule has 0 aromatic carbocycles. The molecular weight excluding hydrogens is 204 g/mol. The maximum Gasteiger partial charge on any atom is 0.0107 e. The third-order valence-corrected chi connectivity index (χ3v) is 3.86. The molecule has 2 nitrogen and oxygen atoms in total. The largest absolute Gasteiger partial charge is 0.315 e. The van der Waals surface area contributed by atoms with Crippen LogP contribution in [0.4, 0.5) is 0 Å². The van der Waals surface area contributed by atoms with Crippen molar-refractivity contribution in [1.29, 1.82) is 0 Å². The zero-order valence-corrected chi connectivity index (χ0v) is 10.2. The Morgan fingerprint density at radius 2 is 2.53 bits per heavy atom. The Morgan fingerprint density at radius 1 is 1.60 bits per heavy atom. The molecule has 0 amide bonds. The van der Waals surface area contributed by atoms with E-state index in [0.717, 1.165) is 12.5 Å². The Morgan fingerprint density at radius 3 is 3.33 bits per heavy atom. The molecule has 1 aliphatic rings. The van der Waals surface area contributed by atoms with E-state index in [1.54, 1.807) is 0 Å². The summed E-state index contributed by atoms with van der Waals surface area (Å²) in [4.78, 5) is 4.10. The van der Waals surface area contributed by atoms with Crippen LogP contribution in [0.1, 0.15) is 11.8 Å². The number of hydrogen-bond acceptors (Lipinski definition) is 3. The maximum atomic E-state index is 3.48. The van der Waals surface area contributed by atoms with Crippen molar-refractivity contribution in [3.05, 3.63) is 22.4 Å². The fourth-order valence-corrected chi connectivity index (χ4v) is 2.81. The van der Waals surface area contributed by atoms with Crippen LogP contribution in [0.3, 0.4) is 0 Å². The minimum atomic E-state index is 0.788. The van der Waals surface area contributed by atoms with E-state index in [1.807, 2.05) is 11.3 Å².